The number of anilines is 1. The average Bonchev–Trinajstić information content (AvgIpc) is 2.67. The van der Waals surface area contributed by atoms with Crippen LogP contribution in [0.1, 0.15) is 40.2 Å². The van der Waals surface area contributed by atoms with Gasteiger partial charge in [-0.1, -0.05) is 6.07 Å². The fourth-order valence-electron chi connectivity index (χ4n) is 3.45. The second-order valence-corrected chi connectivity index (χ2v) is 9.07. The molecule has 1 atom stereocenters. The van der Waals surface area contributed by atoms with Crippen LogP contribution in [0.3, 0.4) is 0 Å². The van der Waals surface area contributed by atoms with E-state index in [0.717, 1.165) is 43.6 Å². The molecule has 0 radical (unpaired) electrons. The van der Waals surface area contributed by atoms with Gasteiger partial charge in [-0.05, 0) is 46.2 Å². The number of ether oxygens (including phenoxy) is 2. The molecule has 3 heterocycles. The largest absolute Gasteiger partial charge is 0.444 e. The number of nitrogens with one attached hydrogen (secondary N) is 2. The molecule has 1 aromatic rings. The van der Waals surface area contributed by atoms with Gasteiger partial charge in [0.05, 0.1) is 25.3 Å². The molecule has 2 aliphatic heterocycles. The summed E-state index contributed by atoms with van der Waals surface area (Å²) in [6.07, 6.45) is 1.84. The Bertz CT molecular complexity index is 762. The maximum Gasteiger partial charge on any atom is 0.410 e. The molecule has 0 aromatic carbocycles. The quantitative estimate of drug-likeness (QED) is 0.325. The highest BCUT2D eigenvalue weighted by molar-refractivity contribution is 14.0. The second-order valence-electron chi connectivity index (χ2n) is 9.07. The van der Waals surface area contributed by atoms with Crippen molar-refractivity contribution >= 4 is 41.8 Å². The predicted octanol–water partition coefficient (Wildman–Crippen LogP) is 2.60. The summed E-state index contributed by atoms with van der Waals surface area (Å²) in [4.78, 5) is 25.3. The third-order valence-electron chi connectivity index (χ3n) is 5.01. The van der Waals surface area contributed by atoms with Crippen molar-refractivity contribution in [1.29, 1.82) is 0 Å². The zero-order chi connectivity index (χ0) is 22.4. The number of hydrogen-bond donors (Lipinski definition) is 2. The van der Waals surface area contributed by atoms with Gasteiger partial charge in [0.15, 0.2) is 5.96 Å². The number of likely N-dealkylation sites (tertiary alicyclic amines) is 1. The van der Waals surface area contributed by atoms with E-state index >= 15 is 0 Å². The number of aliphatic imine (C=N–C) groups is 1. The lowest BCUT2D eigenvalue weighted by Gasteiger charge is -2.40. The zero-order valence-electron chi connectivity index (χ0n) is 19.8. The van der Waals surface area contributed by atoms with E-state index in [4.69, 9.17) is 9.47 Å². The molecular weight excluding hydrogens is 523 g/mol. The van der Waals surface area contributed by atoms with Crippen molar-refractivity contribution in [2.75, 3.05) is 44.2 Å². The van der Waals surface area contributed by atoms with E-state index < -0.39 is 5.60 Å². The van der Waals surface area contributed by atoms with E-state index in [-0.39, 0.29) is 42.2 Å². The maximum absolute atomic E-state index is 12.1. The van der Waals surface area contributed by atoms with Gasteiger partial charge >= 0.3 is 6.09 Å². The summed E-state index contributed by atoms with van der Waals surface area (Å²) in [5.74, 6) is 1.71. The Morgan fingerprint density at radius 1 is 1.31 bits per heavy atom. The minimum absolute atomic E-state index is 0. The van der Waals surface area contributed by atoms with Gasteiger partial charge in [-0.3, -0.25) is 0 Å². The Morgan fingerprint density at radius 2 is 2.06 bits per heavy atom. The van der Waals surface area contributed by atoms with E-state index in [2.05, 4.69) is 38.5 Å². The van der Waals surface area contributed by atoms with Crippen LogP contribution < -0.4 is 15.5 Å². The van der Waals surface area contributed by atoms with Crippen molar-refractivity contribution in [2.24, 2.45) is 4.99 Å². The maximum atomic E-state index is 12.1. The number of guanidine groups is 1. The molecular formula is C22H37IN6O3. The molecule has 1 unspecified atom stereocenters. The summed E-state index contributed by atoms with van der Waals surface area (Å²) >= 11 is 0. The van der Waals surface area contributed by atoms with Crippen molar-refractivity contribution in [1.82, 2.24) is 20.5 Å². The normalized spacial score (nSPS) is 19.7. The molecule has 1 amide bonds. The summed E-state index contributed by atoms with van der Waals surface area (Å²) in [6.45, 7) is 14.7. The summed E-state index contributed by atoms with van der Waals surface area (Å²) < 4.78 is 11.0. The number of nitrogens with zero attached hydrogens (tertiary/aromatic N) is 4. The number of carbonyl (C=O) groups is 1. The fraction of sp³-hybridized carbons (Fsp3) is 0.682. The van der Waals surface area contributed by atoms with Crippen LogP contribution in [0.2, 0.25) is 0 Å². The zero-order valence-corrected chi connectivity index (χ0v) is 22.1. The van der Waals surface area contributed by atoms with Crippen molar-refractivity contribution in [3.05, 3.63) is 23.9 Å². The number of aromatic nitrogens is 1. The van der Waals surface area contributed by atoms with Gasteiger partial charge in [0.25, 0.3) is 0 Å². The summed E-state index contributed by atoms with van der Waals surface area (Å²) in [5.41, 5.74) is 0.571. The monoisotopic (exact) mass is 560 g/mol. The van der Waals surface area contributed by atoms with Crippen molar-refractivity contribution in [3.63, 3.8) is 0 Å². The number of amides is 1. The van der Waals surface area contributed by atoms with Gasteiger partial charge in [-0.15, -0.1) is 24.0 Å². The van der Waals surface area contributed by atoms with E-state index in [1.807, 2.05) is 40.0 Å². The summed E-state index contributed by atoms with van der Waals surface area (Å²) in [5, 5.41) is 6.65. The standard InChI is InChI=1S/C22H36N6O3.HI/c1-6-23-20(26-18-14-28(15-18)21(29)31-22(3,4)5)25-12-17-7-8-19(24-11-17)27-9-10-30-16(2)13-27;/h7-8,11,16,18H,6,9-10,12-15H2,1-5H3,(H2,23,25,26);1H. The van der Waals surface area contributed by atoms with Crippen LogP contribution in [-0.4, -0.2) is 79.0 Å². The number of hydrogen-bond acceptors (Lipinski definition) is 6. The van der Waals surface area contributed by atoms with Crippen LogP contribution in [-0.2, 0) is 16.0 Å². The van der Waals surface area contributed by atoms with Crippen LogP contribution in [0, 0.1) is 0 Å². The molecule has 1 aromatic heterocycles. The van der Waals surface area contributed by atoms with Crippen molar-refractivity contribution < 1.29 is 14.3 Å². The second kappa shape index (κ2) is 11.9. The summed E-state index contributed by atoms with van der Waals surface area (Å²) in [7, 11) is 0. The fourth-order valence-corrected chi connectivity index (χ4v) is 3.45. The number of pyridine rings is 1. The van der Waals surface area contributed by atoms with Crippen LogP contribution >= 0.6 is 24.0 Å². The summed E-state index contributed by atoms with van der Waals surface area (Å²) in [6, 6.07) is 4.28. The van der Waals surface area contributed by atoms with Gasteiger partial charge in [-0.2, -0.15) is 0 Å². The highest BCUT2D eigenvalue weighted by Crippen LogP contribution is 2.17. The van der Waals surface area contributed by atoms with Gasteiger partial charge in [0, 0.05) is 38.9 Å². The number of carbonyl (C=O) groups excluding carboxylic acids is 1. The Morgan fingerprint density at radius 3 is 2.66 bits per heavy atom. The highest BCUT2D eigenvalue weighted by atomic mass is 127. The third kappa shape index (κ3) is 7.95. The first-order valence-electron chi connectivity index (χ1n) is 11.1. The minimum Gasteiger partial charge on any atom is -0.444 e. The van der Waals surface area contributed by atoms with Crippen LogP contribution in [0.4, 0.5) is 10.6 Å². The smallest absolute Gasteiger partial charge is 0.410 e. The molecule has 2 aliphatic rings. The molecule has 2 N–H and O–H groups in total. The molecule has 10 heteroatoms. The van der Waals surface area contributed by atoms with Gasteiger partial charge in [-0.25, -0.2) is 14.8 Å². The van der Waals surface area contributed by atoms with E-state index in [1.165, 1.54) is 0 Å². The SMILES string of the molecule is CCNC(=NCc1ccc(N2CCOC(C)C2)nc1)NC1CN(C(=O)OC(C)(C)C)C1.I. The molecule has 2 saturated heterocycles. The molecule has 0 aliphatic carbocycles. The first-order chi connectivity index (χ1) is 14.7. The molecule has 180 valence electrons. The van der Waals surface area contributed by atoms with Crippen LogP contribution in [0.5, 0.6) is 0 Å². The van der Waals surface area contributed by atoms with Gasteiger partial charge in [0.1, 0.15) is 11.4 Å². The Labute approximate surface area is 208 Å². The molecule has 3 rings (SSSR count). The first-order valence-corrected chi connectivity index (χ1v) is 11.1. The van der Waals surface area contributed by atoms with E-state index in [0.29, 0.717) is 19.6 Å². The Kier molecular flexibility index (Phi) is 9.81. The molecule has 9 nitrogen and oxygen atoms in total. The predicted molar refractivity (Wildman–Crippen MR) is 137 cm³/mol. The number of morpholine rings is 1. The first kappa shape index (κ1) is 26.4. The van der Waals surface area contributed by atoms with Crippen LogP contribution in [0.25, 0.3) is 0 Å². The van der Waals surface area contributed by atoms with E-state index in [9.17, 15) is 4.79 Å². The number of rotatable bonds is 5. The molecule has 0 bridgehead atoms. The topological polar surface area (TPSA) is 91.3 Å². The molecule has 32 heavy (non-hydrogen) atoms. The lowest BCUT2D eigenvalue weighted by atomic mass is 10.1. The lowest BCUT2D eigenvalue weighted by molar-refractivity contribution is 0.00700. The van der Waals surface area contributed by atoms with Crippen LogP contribution in [0.15, 0.2) is 23.3 Å². The molecule has 0 saturated carbocycles. The minimum atomic E-state index is -0.477. The highest BCUT2D eigenvalue weighted by Gasteiger charge is 2.34. The molecule has 2 fully saturated rings. The average molecular weight is 560 g/mol. The van der Waals surface area contributed by atoms with Crippen molar-refractivity contribution in [3.8, 4) is 0 Å². The lowest BCUT2D eigenvalue weighted by Crippen LogP contribution is -2.63. The van der Waals surface area contributed by atoms with Gasteiger partial charge in [0.2, 0.25) is 0 Å². The van der Waals surface area contributed by atoms with Crippen molar-refractivity contribution in [2.45, 2.75) is 58.9 Å². The van der Waals surface area contributed by atoms with Gasteiger partial charge < -0.3 is 29.9 Å². The Hall–Kier alpha value is -1.82. The number of halogens is 1. The van der Waals surface area contributed by atoms with E-state index in [1.54, 1.807) is 4.90 Å². The Balaban J connectivity index is 0.00000363. The molecule has 0 spiro atoms. The third-order valence-corrected chi connectivity index (χ3v) is 5.01.